The van der Waals surface area contributed by atoms with Crippen molar-refractivity contribution in [1.82, 2.24) is 4.98 Å². The van der Waals surface area contributed by atoms with Gasteiger partial charge in [0.25, 0.3) is 0 Å². The van der Waals surface area contributed by atoms with Crippen molar-refractivity contribution in [2.24, 2.45) is 0 Å². The average molecular weight is 197 g/mol. The fraction of sp³-hybridized carbons (Fsp3) is 0.0769. The number of hydrogen-bond acceptors (Lipinski definition) is 2. The van der Waals surface area contributed by atoms with E-state index in [-0.39, 0.29) is 0 Å². The Balaban J connectivity index is 2.54. The van der Waals surface area contributed by atoms with E-state index in [1.165, 1.54) is 0 Å². The van der Waals surface area contributed by atoms with E-state index in [1.807, 2.05) is 37.3 Å². The van der Waals surface area contributed by atoms with E-state index < -0.39 is 0 Å². The zero-order chi connectivity index (χ0) is 10.7. The molecule has 0 saturated heterocycles. The molecule has 0 aliphatic rings. The Morgan fingerprint density at radius 1 is 1.20 bits per heavy atom. The van der Waals surface area contributed by atoms with Crippen LogP contribution in [0.25, 0.3) is 11.3 Å². The van der Waals surface area contributed by atoms with Crippen molar-refractivity contribution in [3.05, 3.63) is 53.7 Å². The third kappa shape index (κ3) is 1.94. The van der Waals surface area contributed by atoms with Gasteiger partial charge in [-0.15, -0.1) is 0 Å². The monoisotopic (exact) mass is 197 g/mol. The number of aromatic nitrogens is 1. The van der Waals surface area contributed by atoms with Crippen molar-refractivity contribution in [1.29, 1.82) is 0 Å². The molecule has 1 heterocycles. The summed E-state index contributed by atoms with van der Waals surface area (Å²) in [6.45, 7) is 2.01. The molecular formula is C13H11NO. The first-order valence-corrected chi connectivity index (χ1v) is 4.78. The van der Waals surface area contributed by atoms with Crippen molar-refractivity contribution in [3.63, 3.8) is 0 Å². The molecule has 0 amide bonds. The molecule has 0 saturated carbocycles. The smallest absolute Gasteiger partial charge is 0.150 e. The second-order valence-corrected chi connectivity index (χ2v) is 3.41. The van der Waals surface area contributed by atoms with E-state index in [2.05, 4.69) is 4.98 Å². The summed E-state index contributed by atoms with van der Waals surface area (Å²) in [6.07, 6.45) is 2.61. The molecule has 0 unspecified atom stereocenters. The van der Waals surface area contributed by atoms with E-state index in [4.69, 9.17) is 0 Å². The molecule has 0 fully saturated rings. The summed E-state index contributed by atoms with van der Waals surface area (Å²) in [7, 11) is 0. The molecule has 0 aliphatic carbocycles. The van der Waals surface area contributed by atoms with Crippen molar-refractivity contribution in [3.8, 4) is 11.3 Å². The molecule has 2 nitrogen and oxygen atoms in total. The molecule has 2 rings (SSSR count). The van der Waals surface area contributed by atoms with Crippen LogP contribution in [0.5, 0.6) is 0 Å². The van der Waals surface area contributed by atoms with Crippen LogP contribution in [-0.2, 0) is 0 Å². The summed E-state index contributed by atoms with van der Waals surface area (Å²) < 4.78 is 0. The molecule has 0 aliphatic heterocycles. The van der Waals surface area contributed by atoms with Gasteiger partial charge in [0.15, 0.2) is 0 Å². The average Bonchev–Trinajstić information content (AvgIpc) is 2.30. The first-order chi connectivity index (χ1) is 7.31. The van der Waals surface area contributed by atoms with Gasteiger partial charge in [0.1, 0.15) is 6.29 Å². The van der Waals surface area contributed by atoms with Crippen LogP contribution in [-0.4, -0.2) is 11.3 Å². The van der Waals surface area contributed by atoms with Crippen molar-refractivity contribution in [2.45, 2.75) is 6.92 Å². The lowest BCUT2D eigenvalue weighted by molar-refractivity contribution is 0.112. The minimum absolute atomic E-state index is 0.678. The van der Waals surface area contributed by atoms with Gasteiger partial charge in [-0.1, -0.05) is 24.3 Å². The van der Waals surface area contributed by atoms with E-state index in [9.17, 15) is 4.79 Å². The number of hydrogen-bond donors (Lipinski definition) is 0. The zero-order valence-corrected chi connectivity index (χ0v) is 8.47. The number of pyridine rings is 1. The molecule has 1 aromatic heterocycles. The normalized spacial score (nSPS) is 9.93. The van der Waals surface area contributed by atoms with Crippen LogP contribution in [0.3, 0.4) is 0 Å². The van der Waals surface area contributed by atoms with Gasteiger partial charge in [0.2, 0.25) is 0 Å². The molecule has 1 aromatic carbocycles. The van der Waals surface area contributed by atoms with Crippen LogP contribution < -0.4 is 0 Å². The van der Waals surface area contributed by atoms with Crippen LogP contribution >= 0.6 is 0 Å². The summed E-state index contributed by atoms with van der Waals surface area (Å²) >= 11 is 0. The van der Waals surface area contributed by atoms with Crippen LogP contribution in [0.4, 0.5) is 0 Å². The van der Waals surface area contributed by atoms with Crippen molar-refractivity contribution < 1.29 is 4.79 Å². The van der Waals surface area contributed by atoms with Gasteiger partial charge >= 0.3 is 0 Å². The first-order valence-electron chi connectivity index (χ1n) is 4.78. The molecule has 0 radical (unpaired) electrons. The third-order valence-corrected chi connectivity index (χ3v) is 2.31. The van der Waals surface area contributed by atoms with Gasteiger partial charge in [0, 0.05) is 17.3 Å². The quantitative estimate of drug-likeness (QED) is 0.693. The lowest BCUT2D eigenvalue weighted by Gasteiger charge is -2.04. The standard InChI is InChI=1S/C13H11NO/c1-10-4-3-7-14-13(10)12-6-2-5-11(8-12)9-15/h2-9H,1H3. The number of carbonyl (C=O) groups excluding carboxylic acids is 1. The molecule has 0 N–H and O–H groups in total. The topological polar surface area (TPSA) is 30.0 Å². The Morgan fingerprint density at radius 2 is 2.07 bits per heavy atom. The van der Waals surface area contributed by atoms with Crippen LogP contribution in [0, 0.1) is 6.92 Å². The fourth-order valence-electron chi connectivity index (χ4n) is 1.55. The lowest BCUT2D eigenvalue weighted by atomic mass is 10.0. The molecule has 2 aromatic rings. The lowest BCUT2D eigenvalue weighted by Crippen LogP contribution is -1.88. The van der Waals surface area contributed by atoms with E-state index in [0.717, 1.165) is 23.1 Å². The van der Waals surface area contributed by atoms with Crippen molar-refractivity contribution in [2.75, 3.05) is 0 Å². The number of benzene rings is 1. The van der Waals surface area contributed by atoms with E-state index in [0.29, 0.717) is 5.56 Å². The number of rotatable bonds is 2. The largest absolute Gasteiger partial charge is 0.298 e. The number of carbonyl (C=O) groups is 1. The third-order valence-electron chi connectivity index (χ3n) is 2.31. The molecular weight excluding hydrogens is 186 g/mol. The minimum atomic E-state index is 0.678. The minimum Gasteiger partial charge on any atom is -0.298 e. The second-order valence-electron chi connectivity index (χ2n) is 3.41. The van der Waals surface area contributed by atoms with Crippen LogP contribution in [0.1, 0.15) is 15.9 Å². The maximum absolute atomic E-state index is 10.7. The SMILES string of the molecule is Cc1cccnc1-c1cccc(C=O)c1. The number of nitrogens with zero attached hydrogens (tertiary/aromatic N) is 1. The highest BCUT2D eigenvalue weighted by molar-refractivity contribution is 5.78. The second kappa shape index (κ2) is 4.05. The van der Waals surface area contributed by atoms with E-state index >= 15 is 0 Å². The Kier molecular flexibility index (Phi) is 2.59. The van der Waals surface area contributed by atoms with Crippen molar-refractivity contribution >= 4 is 6.29 Å². The predicted molar refractivity (Wildman–Crippen MR) is 59.8 cm³/mol. The maximum atomic E-state index is 10.7. The number of aldehydes is 1. The summed E-state index contributed by atoms with van der Waals surface area (Å²) in [5.74, 6) is 0. The Hall–Kier alpha value is -1.96. The highest BCUT2D eigenvalue weighted by Gasteiger charge is 2.02. The number of aryl methyl sites for hydroxylation is 1. The summed E-state index contributed by atoms with van der Waals surface area (Å²) in [5, 5.41) is 0. The summed E-state index contributed by atoms with van der Waals surface area (Å²) in [4.78, 5) is 15.0. The van der Waals surface area contributed by atoms with E-state index in [1.54, 1.807) is 12.3 Å². The van der Waals surface area contributed by atoms with Crippen LogP contribution in [0.15, 0.2) is 42.6 Å². The Morgan fingerprint density at radius 3 is 2.80 bits per heavy atom. The first kappa shape index (κ1) is 9.59. The summed E-state index contributed by atoms with van der Waals surface area (Å²) in [6, 6.07) is 11.4. The van der Waals surface area contributed by atoms with Gasteiger partial charge in [-0.3, -0.25) is 9.78 Å². The molecule has 2 heteroatoms. The Labute approximate surface area is 88.6 Å². The molecule has 0 atom stereocenters. The molecule has 74 valence electrons. The van der Waals surface area contributed by atoms with Gasteiger partial charge < -0.3 is 0 Å². The van der Waals surface area contributed by atoms with Gasteiger partial charge in [-0.2, -0.15) is 0 Å². The maximum Gasteiger partial charge on any atom is 0.150 e. The van der Waals surface area contributed by atoms with Gasteiger partial charge in [-0.25, -0.2) is 0 Å². The Bertz CT molecular complexity index is 491. The summed E-state index contributed by atoms with van der Waals surface area (Å²) in [5.41, 5.74) is 3.71. The van der Waals surface area contributed by atoms with Gasteiger partial charge in [0.05, 0.1) is 5.69 Å². The molecule has 15 heavy (non-hydrogen) atoms. The fourth-order valence-corrected chi connectivity index (χ4v) is 1.55. The highest BCUT2D eigenvalue weighted by Crippen LogP contribution is 2.20. The van der Waals surface area contributed by atoms with Gasteiger partial charge in [-0.05, 0) is 24.6 Å². The highest BCUT2D eigenvalue weighted by atomic mass is 16.1. The zero-order valence-electron chi connectivity index (χ0n) is 8.47. The predicted octanol–water partition coefficient (Wildman–Crippen LogP) is 2.87. The van der Waals surface area contributed by atoms with Crippen LogP contribution in [0.2, 0.25) is 0 Å². The molecule has 0 spiro atoms. The molecule has 0 bridgehead atoms.